The van der Waals surface area contributed by atoms with Gasteiger partial charge >= 0.3 is 6.18 Å². The molecule has 216 valence electrons. The number of nitrogens with one attached hydrogen (secondary N) is 1. The Bertz CT molecular complexity index is 1620. The van der Waals surface area contributed by atoms with Gasteiger partial charge in [-0.2, -0.15) is 18.4 Å². The lowest BCUT2D eigenvalue weighted by Gasteiger charge is -2.14. The number of halogens is 4. The van der Waals surface area contributed by atoms with Gasteiger partial charge in [0, 0.05) is 23.5 Å². The van der Waals surface area contributed by atoms with Crippen LogP contribution in [0.25, 0.3) is 11.1 Å². The Morgan fingerprint density at radius 3 is 2.43 bits per heavy atom. The van der Waals surface area contributed by atoms with E-state index in [1.807, 2.05) is 24.3 Å². The fourth-order valence-electron chi connectivity index (χ4n) is 4.06. The summed E-state index contributed by atoms with van der Waals surface area (Å²) in [5, 5.41) is 11.3. The van der Waals surface area contributed by atoms with E-state index in [0.717, 1.165) is 17.4 Å². The van der Waals surface area contributed by atoms with Gasteiger partial charge in [0.25, 0.3) is 0 Å². The van der Waals surface area contributed by atoms with Gasteiger partial charge in [0.15, 0.2) is 0 Å². The number of amides is 1. The summed E-state index contributed by atoms with van der Waals surface area (Å²) in [7, 11) is 1.58. The van der Waals surface area contributed by atoms with Gasteiger partial charge in [-0.3, -0.25) is 4.79 Å². The van der Waals surface area contributed by atoms with Gasteiger partial charge in [-0.05, 0) is 60.0 Å². The highest BCUT2D eigenvalue weighted by Crippen LogP contribution is 2.35. The Kier molecular flexibility index (Phi) is 9.27. The standard InChI is InChI=1S/C31H25F4N3O4/c1-3-41-28-15-30(42-18-19-4-10-24(40-2)11-5-19)37-17-25(28)20-6-7-21(27(32)12-20)13-29(39)38-23-9-8-22(16-36)26(14-23)31(33,34)35/h4-12,14-15,17H,3,13,18H2,1-2H3,(H,38,39). The first kappa shape index (κ1) is 29.9. The molecule has 0 aliphatic carbocycles. The Labute approximate surface area is 239 Å². The number of anilines is 1. The minimum Gasteiger partial charge on any atom is -0.497 e. The van der Waals surface area contributed by atoms with E-state index in [2.05, 4.69) is 10.3 Å². The number of nitriles is 1. The average Bonchev–Trinajstić information content (AvgIpc) is 2.97. The molecule has 1 amide bonds. The lowest BCUT2D eigenvalue weighted by Crippen LogP contribution is -2.16. The maximum absolute atomic E-state index is 15.1. The van der Waals surface area contributed by atoms with E-state index in [0.29, 0.717) is 35.4 Å². The molecule has 11 heteroatoms. The summed E-state index contributed by atoms with van der Waals surface area (Å²) in [6.45, 7) is 2.39. The molecule has 1 N–H and O–H groups in total. The van der Waals surface area contributed by atoms with Crippen molar-refractivity contribution in [3.8, 4) is 34.6 Å². The number of carbonyl (C=O) groups is 1. The van der Waals surface area contributed by atoms with Gasteiger partial charge < -0.3 is 19.5 Å². The summed E-state index contributed by atoms with van der Waals surface area (Å²) in [4.78, 5) is 16.8. The summed E-state index contributed by atoms with van der Waals surface area (Å²) >= 11 is 0. The van der Waals surface area contributed by atoms with Crippen molar-refractivity contribution in [2.24, 2.45) is 0 Å². The predicted octanol–water partition coefficient (Wildman–Crippen LogP) is 6.95. The SMILES string of the molecule is CCOc1cc(OCc2ccc(OC)cc2)ncc1-c1ccc(CC(=O)Nc2ccc(C#N)c(C(F)(F)F)c2)c(F)c1. The van der Waals surface area contributed by atoms with E-state index < -0.39 is 35.4 Å². The van der Waals surface area contributed by atoms with Crippen LogP contribution in [0.4, 0.5) is 23.2 Å². The van der Waals surface area contributed by atoms with Crippen molar-refractivity contribution in [2.45, 2.75) is 26.1 Å². The van der Waals surface area contributed by atoms with Crippen molar-refractivity contribution < 1.29 is 36.6 Å². The summed E-state index contributed by atoms with van der Waals surface area (Å²) in [5.74, 6) is 0.0338. The molecule has 0 spiro atoms. The van der Waals surface area contributed by atoms with Crippen LogP contribution in [0.5, 0.6) is 17.4 Å². The van der Waals surface area contributed by atoms with Crippen molar-refractivity contribution in [1.29, 1.82) is 5.26 Å². The molecular formula is C31H25F4N3O4. The second-order valence-corrected chi connectivity index (χ2v) is 8.99. The number of alkyl halides is 3. The topological polar surface area (TPSA) is 93.5 Å². The molecule has 0 radical (unpaired) electrons. The third-order valence-electron chi connectivity index (χ3n) is 6.13. The molecule has 0 atom stereocenters. The molecule has 1 aromatic heterocycles. The number of rotatable bonds is 10. The number of ether oxygens (including phenoxy) is 3. The van der Waals surface area contributed by atoms with Crippen molar-refractivity contribution in [3.05, 3.63) is 101 Å². The number of nitrogens with zero attached hydrogens (tertiary/aromatic N) is 2. The van der Waals surface area contributed by atoms with E-state index >= 15 is 4.39 Å². The van der Waals surface area contributed by atoms with Crippen LogP contribution >= 0.6 is 0 Å². The molecular weight excluding hydrogens is 554 g/mol. The van der Waals surface area contributed by atoms with Crippen molar-refractivity contribution in [1.82, 2.24) is 4.98 Å². The third-order valence-corrected chi connectivity index (χ3v) is 6.13. The van der Waals surface area contributed by atoms with Crippen molar-refractivity contribution in [2.75, 3.05) is 19.0 Å². The summed E-state index contributed by atoms with van der Waals surface area (Å²) in [6.07, 6.45) is -3.70. The maximum atomic E-state index is 15.1. The quantitative estimate of drug-likeness (QED) is 0.205. The van der Waals surface area contributed by atoms with Gasteiger partial charge in [0.1, 0.15) is 23.9 Å². The van der Waals surface area contributed by atoms with Crippen LogP contribution in [0.15, 0.2) is 72.9 Å². The summed E-state index contributed by atoms with van der Waals surface area (Å²) in [5.41, 5.74) is -0.0243. The van der Waals surface area contributed by atoms with Crippen LogP contribution in [0, 0.1) is 17.1 Å². The molecule has 0 unspecified atom stereocenters. The second kappa shape index (κ2) is 13.0. The predicted molar refractivity (Wildman–Crippen MR) is 147 cm³/mol. The van der Waals surface area contributed by atoms with E-state index in [-0.39, 0.29) is 17.9 Å². The van der Waals surface area contributed by atoms with E-state index in [1.54, 1.807) is 26.2 Å². The van der Waals surface area contributed by atoms with Gasteiger partial charge in [0.2, 0.25) is 11.8 Å². The summed E-state index contributed by atoms with van der Waals surface area (Å²) < 4.78 is 71.4. The van der Waals surface area contributed by atoms with Gasteiger partial charge in [-0.15, -0.1) is 0 Å². The van der Waals surface area contributed by atoms with Crippen LogP contribution < -0.4 is 19.5 Å². The van der Waals surface area contributed by atoms with Crippen LogP contribution in [0.1, 0.15) is 29.2 Å². The molecule has 4 rings (SSSR count). The Hall–Kier alpha value is -5.11. The number of hydrogen-bond donors (Lipinski definition) is 1. The van der Waals surface area contributed by atoms with Crippen LogP contribution in [-0.2, 0) is 24.0 Å². The average molecular weight is 580 g/mol. The first-order valence-corrected chi connectivity index (χ1v) is 12.7. The highest BCUT2D eigenvalue weighted by Gasteiger charge is 2.34. The van der Waals surface area contributed by atoms with Crippen molar-refractivity contribution >= 4 is 11.6 Å². The molecule has 0 aliphatic rings. The maximum Gasteiger partial charge on any atom is 0.417 e. The van der Waals surface area contributed by atoms with Gasteiger partial charge in [-0.25, -0.2) is 9.37 Å². The smallest absolute Gasteiger partial charge is 0.417 e. The molecule has 0 saturated carbocycles. The molecule has 42 heavy (non-hydrogen) atoms. The third kappa shape index (κ3) is 7.34. The normalized spacial score (nSPS) is 11.0. The zero-order chi connectivity index (χ0) is 30.3. The lowest BCUT2D eigenvalue weighted by molar-refractivity contribution is -0.137. The Morgan fingerprint density at radius 1 is 1.02 bits per heavy atom. The van der Waals surface area contributed by atoms with E-state index in [4.69, 9.17) is 19.5 Å². The minimum atomic E-state index is -4.77. The molecule has 0 fully saturated rings. The zero-order valence-electron chi connectivity index (χ0n) is 22.6. The number of methoxy groups -OCH3 is 1. The fraction of sp³-hybridized carbons (Fsp3) is 0.194. The minimum absolute atomic E-state index is 0.0336. The number of benzene rings is 3. The van der Waals surface area contributed by atoms with E-state index in [1.165, 1.54) is 30.5 Å². The molecule has 7 nitrogen and oxygen atoms in total. The fourth-order valence-corrected chi connectivity index (χ4v) is 4.06. The first-order chi connectivity index (χ1) is 20.1. The van der Waals surface area contributed by atoms with E-state index in [9.17, 15) is 18.0 Å². The Balaban J connectivity index is 1.47. The molecule has 3 aromatic carbocycles. The number of hydrogen-bond acceptors (Lipinski definition) is 6. The first-order valence-electron chi connectivity index (χ1n) is 12.7. The second-order valence-electron chi connectivity index (χ2n) is 8.99. The van der Waals surface area contributed by atoms with Crippen LogP contribution in [0.2, 0.25) is 0 Å². The monoisotopic (exact) mass is 579 g/mol. The highest BCUT2D eigenvalue weighted by atomic mass is 19.4. The van der Waals surface area contributed by atoms with Crippen LogP contribution in [0.3, 0.4) is 0 Å². The Morgan fingerprint density at radius 2 is 1.79 bits per heavy atom. The largest absolute Gasteiger partial charge is 0.497 e. The molecule has 1 heterocycles. The van der Waals surface area contributed by atoms with Gasteiger partial charge in [0.05, 0.1) is 37.3 Å². The molecule has 0 aliphatic heterocycles. The molecule has 0 saturated heterocycles. The molecule has 0 bridgehead atoms. The number of pyridine rings is 1. The lowest BCUT2D eigenvalue weighted by atomic mass is 10.0. The summed E-state index contributed by atoms with van der Waals surface area (Å²) in [6, 6.07) is 17.5. The van der Waals surface area contributed by atoms with Crippen LogP contribution in [-0.4, -0.2) is 24.6 Å². The number of carbonyl (C=O) groups excluding carboxylic acids is 1. The van der Waals surface area contributed by atoms with Crippen molar-refractivity contribution in [3.63, 3.8) is 0 Å². The zero-order valence-corrected chi connectivity index (χ0v) is 22.6. The highest BCUT2D eigenvalue weighted by molar-refractivity contribution is 5.92. The molecule has 4 aromatic rings. The van der Waals surface area contributed by atoms with Gasteiger partial charge in [-0.1, -0.05) is 24.3 Å². The number of aromatic nitrogens is 1.